The van der Waals surface area contributed by atoms with E-state index in [0.29, 0.717) is 0 Å². The molecule has 4 nitrogen and oxygen atoms in total. The second-order valence-electron chi connectivity index (χ2n) is 5.61. The molecule has 1 N–H and O–H groups in total. The van der Waals surface area contributed by atoms with Gasteiger partial charge in [0.05, 0.1) is 0 Å². The zero-order valence-electron chi connectivity index (χ0n) is 12.9. The third kappa shape index (κ3) is 2.82. The fraction of sp³-hybridized carbons (Fsp3) is 0.111. The maximum atomic E-state index is 6.43. The maximum Gasteiger partial charge on any atom is 0.226 e. The lowest BCUT2D eigenvalue weighted by molar-refractivity contribution is 0.607. The first kappa shape index (κ1) is 15.7. The molecule has 0 saturated heterocycles. The summed E-state index contributed by atoms with van der Waals surface area (Å²) >= 11 is 8.74. The Bertz CT molecular complexity index is 930. The Hall–Kier alpha value is -1.86. The van der Waals surface area contributed by atoms with E-state index in [-0.39, 0.29) is 6.04 Å². The Kier molecular flexibility index (Phi) is 4.05. The van der Waals surface area contributed by atoms with Gasteiger partial charge in [0.15, 0.2) is 0 Å². The minimum atomic E-state index is -0.0922. The van der Waals surface area contributed by atoms with Crippen molar-refractivity contribution in [1.82, 2.24) is 14.8 Å². The molecule has 1 atom stereocenters. The molecule has 0 bridgehead atoms. The van der Waals surface area contributed by atoms with Crippen molar-refractivity contribution >= 4 is 45.8 Å². The predicted octanol–water partition coefficient (Wildman–Crippen LogP) is 4.90. The molecule has 0 spiro atoms. The van der Waals surface area contributed by atoms with E-state index < -0.39 is 0 Å². The van der Waals surface area contributed by atoms with Gasteiger partial charge < -0.3 is 5.32 Å². The molecule has 1 aliphatic rings. The molecule has 1 aliphatic heterocycles. The number of nitrogens with zero attached hydrogens (tertiary/aromatic N) is 3. The van der Waals surface area contributed by atoms with Crippen LogP contribution in [0.4, 0.5) is 5.95 Å². The summed E-state index contributed by atoms with van der Waals surface area (Å²) in [5.41, 5.74) is 3.13. The predicted molar refractivity (Wildman–Crippen MR) is 105 cm³/mol. The standard InChI is InChI=1S/C18H14ClIN4/c1-11-21-18-22-16(12-6-8-13(20)9-7-12)10-17(24(18)23-11)14-4-2-3-5-15(14)19/h2-10,17H,1H3,(H,21,22,23)/t17-/m1/s1. The number of aryl methyl sites for hydroxylation is 1. The van der Waals surface area contributed by atoms with Crippen LogP contribution in [-0.4, -0.2) is 14.8 Å². The molecule has 0 radical (unpaired) electrons. The summed E-state index contributed by atoms with van der Waals surface area (Å²) in [5.74, 6) is 1.46. The van der Waals surface area contributed by atoms with E-state index in [1.54, 1.807) is 0 Å². The number of fused-ring (bicyclic) bond motifs is 1. The van der Waals surface area contributed by atoms with Gasteiger partial charge in [-0.25, -0.2) is 4.68 Å². The van der Waals surface area contributed by atoms with Crippen LogP contribution >= 0.6 is 34.2 Å². The molecule has 6 heteroatoms. The third-order valence-electron chi connectivity index (χ3n) is 3.95. The zero-order chi connectivity index (χ0) is 16.7. The summed E-state index contributed by atoms with van der Waals surface area (Å²) in [6, 6.07) is 16.1. The Labute approximate surface area is 158 Å². The highest BCUT2D eigenvalue weighted by atomic mass is 127. The number of hydrogen-bond donors (Lipinski definition) is 1. The zero-order valence-corrected chi connectivity index (χ0v) is 15.8. The lowest BCUT2D eigenvalue weighted by Crippen LogP contribution is -2.20. The van der Waals surface area contributed by atoms with E-state index in [4.69, 9.17) is 11.6 Å². The Morgan fingerprint density at radius 2 is 1.88 bits per heavy atom. The third-order valence-corrected chi connectivity index (χ3v) is 5.01. The van der Waals surface area contributed by atoms with Gasteiger partial charge in [0, 0.05) is 14.3 Å². The lowest BCUT2D eigenvalue weighted by atomic mass is 10.0. The Balaban J connectivity index is 1.85. The van der Waals surface area contributed by atoms with Crippen molar-refractivity contribution < 1.29 is 0 Å². The maximum absolute atomic E-state index is 6.43. The van der Waals surface area contributed by atoms with E-state index in [9.17, 15) is 0 Å². The van der Waals surface area contributed by atoms with Crippen LogP contribution in [0, 0.1) is 10.5 Å². The van der Waals surface area contributed by atoms with Crippen LogP contribution in [-0.2, 0) is 0 Å². The van der Waals surface area contributed by atoms with Crippen molar-refractivity contribution in [1.29, 1.82) is 0 Å². The van der Waals surface area contributed by atoms with Gasteiger partial charge in [-0.3, -0.25) is 0 Å². The number of anilines is 1. The first-order valence-corrected chi connectivity index (χ1v) is 9.00. The minimum absolute atomic E-state index is 0.0922. The largest absolute Gasteiger partial charge is 0.324 e. The topological polar surface area (TPSA) is 42.7 Å². The number of hydrogen-bond acceptors (Lipinski definition) is 3. The summed E-state index contributed by atoms with van der Waals surface area (Å²) in [6.07, 6.45) is 2.14. The fourth-order valence-corrected chi connectivity index (χ4v) is 3.44. The number of benzene rings is 2. The quantitative estimate of drug-likeness (QED) is 0.567. The molecule has 120 valence electrons. The monoisotopic (exact) mass is 448 g/mol. The van der Waals surface area contributed by atoms with Crippen LogP contribution < -0.4 is 5.32 Å². The van der Waals surface area contributed by atoms with Crippen LogP contribution in [0.1, 0.15) is 23.0 Å². The molecule has 0 amide bonds. The molecule has 3 aromatic rings. The number of halogens is 2. The second-order valence-corrected chi connectivity index (χ2v) is 7.26. The first-order chi connectivity index (χ1) is 11.6. The molecule has 0 saturated carbocycles. The molecule has 24 heavy (non-hydrogen) atoms. The van der Waals surface area contributed by atoms with Crippen molar-refractivity contribution in [2.45, 2.75) is 13.0 Å². The van der Waals surface area contributed by atoms with Gasteiger partial charge in [0.1, 0.15) is 11.9 Å². The molecule has 1 aromatic heterocycles. The highest BCUT2D eigenvalue weighted by Gasteiger charge is 2.25. The van der Waals surface area contributed by atoms with Crippen molar-refractivity contribution in [2.75, 3.05) is 5.32 Å². The Morgan fingerprint density at radius 3 is 2.62 bits per heavy atom. The van der Waals surface area contributed by atoms with E-state index in [1.807, 2.05) is 35.9 Å². The molecule has 2 aromatic carbocycles. The highest BCUT2D eigenvalue weighted by molar-refractivity contribution is 14.1. The lowest BCUT2D eigenvalue weighted by Gasteiger charge is -2.25. The summed E-state index contributed by atoms with van der Waals surface area (Å²) in [6.45, 7) is 1.89. The van der Waals surface area contributed by atoms with E-state index in [2.05, 4.69) is 68.3 Å². The SMILES string of the molecule is Cc1nc2n(n1)[C@@H](c1ccccc1Cl)C=C(c1ccc(I)cc1)N2. The number of nitrogens with one attached hydrogen (secondary N) is 1. The van der Waals surface area contributed by atoms with E-state index in [1.165, 1.54) is 3.57 Å². The van der Waals surface area contributed by atoms with Crippen LogP contribution in [0.3, 0.4) is 0 Å². The van der Waals surface area contributed by atoms with Crippen molar-refractivity contribution in [2.24, 2.45) is 0 Å². The van der Waals surface area contributed by atoms with E-state index >= 15 is 0 Å². The van der Waals surface area contributed by atoms with Gasteiger partial charge in [-0.15, -0.1) is 0 Å². The summed E-state index contributed by atoms with van der Waals surface area (Å²) in [4.78, 5) is 4.51. The average Bonchev–Trinajstić information content (AvgIpc) is 2.95. The molecule has 2 heterocycles. The molecule has 4 rings (SSSR count). The second kappa shape index (κ2) is 6.22. The molecular formula is C18H14ClIN4. The number of allylic oxidation sites excluding steroid dienone is 1. The van der Waals surface area contributed by atoms with Crippen molar-refractivity contribution in [3.8, 4) is 0 Å². The van der Waals surface area contributed by atoms with Gasteiger partial charge in [-0.2, -0.15) is 10.1 Å². The smallest absolute Gasteiger partial charge is 0.226 e. The summed E-state index contributed by atoms with van der Waals surface area (Å²) in [5, 5.41) is 8.63. The Morgan fingerprint density at radius 1 is 1.12 bits per heavy atom. The summed E-state index contributed by atoms with van der Waals surface area (Å²) in [7, 11) is 0. The van der Waals surface area contributed by atoms with Gasteiger partial charge in [-0.05, 0) is 64.9 Å². The normalized spacial score (nSPS) is 16.3. The van der Waals surface area contributed by atoms with Crippen molar-refractivity contribution in [3.05, 3.63) is 80.2 Å². The van der Waals surface area contributed by atoms with E-state index in [0.717, 1.165) is 33.6 Å². The van der Waals surface area contributed by atoms with Gasteiger partial charge in [0.25, 0.3) is 0 Å². The van der Waals surface area contributed by atoms with Crippen LogP contribution in [0.25, 0.3) is 5.70 Å². The molecular weight excluding hydrogens is 435 g/mol. The number of rotatable bonds is 2. The highest BCUT2D eigenvalue weighted by Crippen LogP contribution is 2.35. The van der Waals surface area contributed by atoms with Crippen molar-refractivity contribution in [3.63, 3.8) is 0 Å². The summed E-state index contributed by atoms with van der Waals surface area (Å²) < 4.78 is 3.08. The van der Waals surface area contributed by atoms with Crippen LogP contribution in [0.5, 0.6) is 0 Å². The molecule has 0 unspecified atom stereocenters. The van der Waals surface area contributed by atoms with Gasteiger partial charge in [0.2, 0.25) is 5.95 Å². The minimum Gasteiger partial charge on any atom is -0.324 e. The van der Waals surface area contributed by atoms with Crippen LogP contribution in [0.15, 0.2) is 54.6 Å². The van der Waals surface area contributed by atoms with Crippen LogP contribution in [0.2, 0.25) is 5.02 Å². The molecule has 0 fully saturated rings. The average molecular weight is 449 g/mol. The fourth-order valence-electron chi connectivity index (χ4n) is 2.83. The first-order valence-electron chi connectivity index (χ1n) is 7.54. The van der Waals surface area contributed by atoms with Gasteiger partial charge in [-0.1, -0.05) is 41.9 Å². The van der Waals surface area contributed by atoms with Gasteiger partial charge >= 0.3 is 0 Å². The molecule has 0 aliphatic carbocycles. The number of aromatic nitrogens is 3.